The van der Waals surface area contributed by atoms with Crippen LogP contribution in [0.25, 0.3) is 0 Å². The van der Waals surface area contributed by atoms with Crippen molar-refractivity contribution in [2.24, 2.45) is 11.8 Å². The van der Waals surface area contributed by atoms with Crippen molar-refractivity contribution in [2.75, 3.05) is 11.5 Å². The number of rotatable bonds is 3. The van der Waals surface area contributed by atoms with E-state index in [2.05, 4.69) is 5.32 Å². The van der Waals surface area contributed by atoms with E-state index in [1.165, 1.54) is 0 Å². The molecule has 0 saturated carbocycles. The quantitative estimate of drug-likeness (QED) is 0.709. The number of sulfone groups is 1. The summed E-state index contributed by atoms with van der Waals surface area (Å²) in [5.41, 5.74) is 0. The fourth-order valence-electron chi connectivity index (χ4n) is 2.59. The van der Waals surface area contributed by atoms with E-state index < -0.39 is 27.6 Å². The average Bonchev–Trinajstić information content (AvgIpc) is 2.68. The predicted octanol–water partition coefficient (Wildman–Crippen LogP) is -0.0433. The highest BCUT2D eigenvalue weighted by Gasteiger charge is 2.36. The molecule has 1 aliphatic carbocycles. The van der Waals surface area contributed by atoms with E-state index in [1.807, 2.05) is 0 Å². The summed E-state index contributed by atoms with van der Waals surface area (Å²) in [5.74, 6) is -2.61. The number of allylic oxidation sites excluding steroid dienone is 2. The van der Waals surface area contributed by atoms with Gasteiger partial charge in [0.05, 0.1) is 23.3 Å². The van der Waals surface area contributed by atoms with Gasteiger partial charge < -0.3 is 10.4 Å². The van der Waals surface area contributed by atoms with Gasteiger partial charge in [-0.15, -0.1) is 0 Å². The largest absolute Gasteiger partial charge is 0.481 e. The highest BCUT2D eigenvalue weighted by molar-refractivity contribution is 7.91. The molecule has 7 heteroatoms. The van der Waals surface area contributed by atoms with E-state index in [-0.39, 0.29) is 23.5 Å². The molecule has 3 unspecified atom stereocenters. The number of hydrogen-bond donors (Lipinski definition) is 2. The SMILES string of the molecule is O=C(O)C1CC=CCC1C(=O)NC1CCS(=O)(=O)C1. The van der Waals surface area contributed by atoms with Crippen molar-refractivity contribution in [1.82, 2.24) is 5.32 Å². The Balaban J connectivity index is 1.99. The lowest BCUT2D eigenvalue weighted by atomic mass is 9.82. The van der Waals surface area contributed by atoms with Crippen LogP contribution >= 0.6 is 0 Å². The van der Waals surface area contributed by atoms with Crippen molar-refractivity contribution >= 4 is 21.7 Å². The minimum atomic E-state index is -3.05. The number of nitrogens with one attached hydrogen (secondary N) is 1. The zero-order chi connectivity index (χ0) is 14.0. The van der Waals surface area contributed by atoms with Crippen molar-refractivity contribution in [3.8, 4) is 0 Å². The summed E-state index contributed by atoms with van der Waals surface area (Å²) in [6, 6.07) is -0.377. The Morgan fingerprint density at radius 2 is 1.79 bits per heavy atom. The fraction of sp³-hybridized carbons (Fsp3) is 0.667. The monoisotopic (exact) mass is 287 g/mol. The Labute approximate surface area is 111 Å². The third kappa shape index (κ3) is 3.34. The average molecular weight is 287 g/mol. The maximum atomic E-state index is 12.1. The molecule has 2 rings (SSSR count). The molecule has 0 aromatic rings. The number of carbonyl (C=O) groups excluding carboxylic acids is 1. The normalized spacial score (nSPS) is 32.9. The molecule has 0 radical (unpaired) electrons. The van der Waals surface area contributed by atoms with Gasteiger partial charge in [0.25, 0.3) is 0 Å². The molecule has 2 aliphatic rings. The third-order valence-electron chi connectivity index (χ3n) is 3.67. The standard InChI is InChI=1S/C12H17NO5S/c14-11(13-8-5-6-19(17,18)7-8)9-3-1-2-4-10(9)12(15)16/h1-2,8-10H,3-7H2,(H,13,14)(H,15,16). The first-order valence-electron chi connectivity index (χ1n) is 6.27. The minimum absolute atomic E-state index is 0.0426. The van der Waals surface area contributed by atoms with Gasteiger partial charge in [0, 0.05) is 6.04 Å². The number of carboxylic acids is 1. The molecule has 0 aromatic carbocycles. The Hall–Kier alpha value is -1.37. The van der Waals surface area contributed by atoms with E-state index in [1.54, 1.807) is 12.2 Å². The number of amides is 1. The van der Waals surface area contributed by atoms with Crippen molar-refractivity contribution in [3.05, 3.63) is 12.2 Å². The van der Waals surface area contributed by atoms with E-state index in [0.717, 1.165) is 0 Å². The predicted molar refractivity (Wildman–Crippen MR) is 68.2 cm³/mol. The van der Waals surface area contributed by atoms with Crippen molar-refractivity contribution < 1.29 is 23.1 Å². The molecular weight excluding hydrogens is 270 g/mol. The second kappa shape index (κ2) is 5.32. The van der Waals surface area contributed by atoms with E-state index in [4.69, 9.17) is 5.11 Å². The molecule has 6 nitrogen and oxygen atoms in total. The fourth-order valence-corrected chi connectivity index (χ4v) is 4.27. The van der Waals surface area contributed by atoms with Crippen molar-refractivity contribution in [2.45, 2.75) is 25.3 Å². The van der Waals surface area contributed by atoms with Gasteiger partial charge in [-0.1, -0.05) is 12.2 Å². The van der Waals surface area contributed by atoms with Crippen LogP contribution in [0.15, 0.2) is 12.2 Å². The molecule has 1 aliphatic heterocycles. The Morgan fingerprint density at radius 3 is 2.32 bits per heavy atom. The van der Waals surface area contributed by atoms with E-state index in [9.17, 15) is 18.0 Å². The van der Waals surface area contributed by atoms with Gasteiger partial charge in [0.15, 0.2) is 9.84 Å². The summed E-state index contributed by atoms with van der Waals surface area (Å²) in [6.45, 7) is 0. The molecule has 3 atom stereocenters. The first kappa shape index (κ1) is 14.0. The van der Waals surface area contributed by atoms with Crippen LogP contribution in [0.1, 0.15) is 19.3 Å². The van der Waals surface area contributed by atoms with Gasteiger partial charge in [0.1, 0.15) is 0 Å². The lowest BCUT2D eigenvalue weighted by Gasteiger charge is -2.25. The highest BCUT2D eigenvalue weighted by atomic mass is 32.2. The Morgan fingerprint density at radius 1 is 1.16 bits per heavy atom. The number of carbonyl (C=O) groups is 2. The van der Waals surface area contributed by atoms with Gasteiger partial charge in [-0.25, -0.2) is 8.42 Å². The van der Waals surface area contributed by atoms with Crippen LogP contribution in [0.3, 0.4) is 0 Å². The maximum Gasteiger partial charge on any atom is 0.307 e. The zero-order valence-electron chi connectivity index (χ0n) is 10.4. The lowest BCUT2D eigenvalue weighted by Crippen LogP contribution is -2.43. The van der Waals surface area contributed by atoms with Gasteiger partial charge in [-0.3, -0.25) is 9.59 Å². The van der Waals surface area contributed by atoms with Crippen LogP contribution < -0.4 is 5.32 Å². The minimum Gasteiger partial charge on any atom is -0.481 e. The topological polar surface area (TPSA) is 101 Å². The van der Waals surface area contributed by atoms with E-state index >= 15 is 0 Å². The summed E-state index contributed by atoms with van der Waals surface area (Å²) < 4.78 is 22.6. The van der Waals surface area contributed by atoms with Gasteiger partial charge in [-0.2, -0.15) is 0 Å². The van der Waals surface area contributed by atoms with Gasteiger partial charge in [-0.05, 0) is 19.3 Å². The highest BCUT2D eigenvalue weighted by Crippen LogP contribution is 2.26. The molecule has 1 heterocycles. The number of hydrogen-bond acceptors (Lipinski definition) is 4. The van der Waals surface area contributed by atoms with Crippen LogP contribution in [-0.4, -0.2) is 42.9 Å². The lowest BCUT2D eigenvalue weighted by molar-refractivity contribution is -0.147. The van der Waals surface area contributed by atoms with Crippen LogP contribution in [-0.2, 0) is 19.4 Å². The summed E-state index contributed by atoms with van der Waals surface area (Å²) in [5, 5.41) is 11.8. The third-order valence-corrected chi connectivity index (χ3v) is 5.43. The second-order valence-corrected chi connectivity index (χ2v) is 7.33. The summed E-state index contributed by atoms with van der Waals surface area (Å²) >= 11 is 0. The summed E-state index contributed by atoms with van der Waals surface area (Å²) in [4.78, 5) is 23.2. The first-order valence-corrected chi connectivity index (χ1v) is 8.10. The van der Waals surface area contributed by atoms with Crippen molar-refractivity contribution in [1.29, 1.82) is 0 Å². The van der Waals surface area contributed by atoms with Crippen LogP contribution in [0.5, 0.6) is 0 Å². The molecule has 106 valence electrons. The van der Waals surface area contributed by atoms with Gasteiger partial charge >= 0.3 is 5.97 Å². The molecule has 0 spiro atoms. The van der Waals surface area contributed by atoms with Crippen molar-refractivity contribution in [3.63, 3.8) is 0 Å². The first-order chi connectivity index (χ1) is 8.89. The number of aliphatic carboxylic acids is 1. The zero-order valence-corrected chi connectivity index (χ0v) is 11.2. The molecule has 1 saturated heterocycles. The van der Waals surface area contributed by atoms with Crippen LogP contribution in [0, 0.1) is 11.8 Å². The van der Waals surface area contributed by atoms with Gasteiger partial charge in [0.2, 0.25) is 5.91 Å². The molecule has 0 bridgehead atoms. The smallest absolute Gasteiger partial charge is 0.307 e. The molecule has 1 amide bonds. The molecule has 2 N–H and O–H groups in total. The maximum absolute atomic E-state index is 12.1. The van der Waals surface area contributed by atoms with Crippen LogP contribution in [0.2, 0.25) is 0 Å². The van der Waals surface area contributed by atoms with Crippen LogP contribution in [0.4, 0.5) is 0 Å². The second-order valence-electron chi connectivity index (χ2n) is 5.10. The molecule has 0 aromatic heterocycles. The summed E-state index contributed by atoms with van der Waals surface area (Å²) in [7, 11) is -3.05. The molecule has 19 heavy (non-hydrogen) atoms. The van der Waals surface area contributed by atoms with E-state index in [0.29, 0.717) is 19.3 Å². The molecule has 1 fully saturated rings. The molecular formula is C12H17NO5S. The Kier molecular flexibility index (Phi) is 3.93. The summed E-state index contributed by atoms with van der Waals surface area (Å²) in [6.07, 6.45) is 4.71. The number of carboxylic acid groups (broad SMARTS) is 1. The Bertz CT molecular complexity index is 510.